The lowest BCUT2D eigenvalue weighted by atomic mass is 9.99. The van der Waals surface area contributed by atoms with E-state index in [1.807, 2.05) is 19.9 Å². The van der Waals surface area contributed by atoms with Crippen LogP contribution in [0.4, 0.5) is 5.82 Å². The van der Waals surface area contributed by atoms with Crippen LogP contribution >= 0.6 is 0 Å². The molecule has 0 bridgehead atoms. The van der Waals surface area contributed by atoms with Crippen LogP contribution in [0.2, 0.25) is 0 Å². The van der Waals surface area contributed by atoms with Gasteiger partial charge in [0.25, 0.3) is 0 Å². The topological polar surface area (TPSA) is 47.5 Å². The van der Waals surface area contributed by atoms with Crippen LogP contribution < -0.4 is 4.90 Å². The van der Waals surface area contributed by atoms with Gasteiger partial charge in [-0.2, -0.15) is 5.10 Å². The molecule has 2 aliphatic heterocycles. The van der Waals surface area contributed by atoms with Crippen LogP contribution in [-0.4, -0.2) is 48.2 Å². The monoisotopic (exact) mass is 277 g/mol. The number of anilines is 1. The van der Waals surface area contributed by atoms with Crippen LogP contribution in [0.1, 0.15) is 31.9 Å². The van der Waals surface area contributed by atoms with Crippen molar-refractivity contribution in [2.24, 2.45) is 0 Å². The zero-order valence-electron chi connectivity index (χ0n) is 12.3. The van der Waals surface area contributed by atoms with Gasteiger partial charge in [-0.3, -0.25) is 0 Å². The quantitative estimate of drug-likeness (QED) is 0.842. The molecule has 0 N–H and O–H groups in total. The van der Waals surface area contributed by atoms with Gasteiger partial charge in [0, 0.05) is 13.2 Å². The van der Waals surface area contributed by atoms with Gasteiger partial charge in [0.15, 0.2) is 5.82 Å². The largest absolute Gasteiger partial charge is 0.379 e. The Morgan fingerprint density at radius 3 is 2.95 bits per heavy atom. The summed E-state index contributed by atoms with van der Waals surface area (Å²) in [5.74, 6) is 0.981. The van der Waals surface area contributed by atoms with Crippen molar-refractivity contribution >= 4 is 5.82 Å². The Kier molecular flexibility index (Phi) is 4.17. The minimum absolute atomic E-state index is 0.264. The van der Waals surface area contributed by atoms with E-state index in [0.29, 0.717) is 12.1 Å². The normalized spacial score (nSPS) is 29.5. The van der Waals surface area contributed by atoms with Gasteiger partial charge in [-0.15, -0.1) is 5.10 Å². The minimum atomic E-state index is 0.264. The van der Waals surface area contributed by atoms with Crippen LogP contribution in [-0.2, 0) is 9.47 Å². The number of hydrogen-bond acceptors (Lipinski definition) is 5. The first-order valence-electron chi connectivity index (χ1n) is 7.58. The predicted octanol–water partition coefficient (Wildman–Crippen LogP) is 1.95. The van der Waals surface area contributed by atoms with Crippen LogP contribution in [0, 0.1) is 6.92 Å². The Hall–Kier alpha value is -1.20. The Labute approximate surface area is 120 Å². The van der Waals surface area contributed by atoms with Crippen molar-refractivity contribution in [3.8, 4) is 0 Å². The van der Waals surface area contributed by atoms with E-state index in [1.54, 1.807) is 0 Å². The van der Waals surface area contributed by atoms with Gasteiger partial charge in [-0.25, -0.2) is 0 Å². The Bertz CT molecular complexity index is 437. The fraction of sp³-hybridized carbons (Fsp3) is 0.733. The molecule has 0 unspecified atom stereocenters. The lowest BCUT2D eigenvalue weighted by Gasteiger charge is -2.36. The van der Waals surface area contributed by atoms with E-state index in [1.165, 1.54) is 0 Å². The molecule has 2 aliphatic rings. The van der Waals surface area contributed by atoms with E-state index < -0.39 is 0 Å². The third-order valence-corrected chi connectivity index (χ3v) is 4.22. The summed E-state index contributed by atoms with van der Waals surface area (Å²) in [7, 11) is 0. The highest BCUT2D eigenvalue weighted by Crippen LogP contribution is 2.33. The zero-order chi connectivity index (χ0) is 13.9. The highest BCUT2D eigenvalue weighted by Gasteiger charge is 2.40. The van der Waals surface area contributed by atoms with Crippen molar-refractivity contribution in [1.29, 1.82) is 0 Å². The minimum Gasteiger partial charge on any atom is -0.379 e. The molecular weight excluding hydrogens is 254 g/mol. The first-order chi connectivity index (χ1) is 9.78. The molecule has 2 fully saturated rings. The summed E-state index contributed by atoms with van der Waals surface area (Å²) in [4.78, 5) is 2.36. The Morgan fingerprint density at radius 2 is 2.20 bits per heavy atom. The predicted molar refractivity (Wildman–Crippen MR) is 76.9 cm³/mol. The molecule has 0 radical (unpaired) electrons. The van der Waals surface area contributed by atoms with E-state index in [-0.39, 0.29) is 6.10 Å². The maximum atomic E-state index is 6.17. The average Bonchev–Trinajstić information content (AvgIpc) is 2.89. The molecule has 110 valence electrons. The number of hydrogen-bond donors (Lipinski definition) is 0. The summed E-state index contributed by atoms with van der Waals surface area (Å²) in [5, 5.41) is 8.48. The third-order valence-electron chi connectivity index (χ3n) is 4.22. The maximum Gasteiger partial charge on any atom is 0.151 e. The standard InChI is InChI=1S/C15H23N3O2/c1-3-19-10-12-5-6-13-14(20-12)8-9-18(13)15-7-4-11(2)16-17-15/h4,7,12-14H,3,5-6,8-10H2,1-2H3/t12-,13+,14+/m1/s1. The van der Waals surface area contributed by atoms with Gasteiger partial charge < -0.3 is 14.4 Å². The average molecular weight is 277 g/mol. The molecule has 1 aromatic heterocycles. The molecule has 0 saturated carbocycles. The van der Waals surface area contributed by atoms with Crippen LogP contribution in [0.25, 0.3) is 0 Å². The van der Waals surface area contributed by atoms with Crippen LogP contribution in [0.3, 0.4) is 0 Å². The fourth-order valence-corrected chi connectivity index (χ4v) is 3.20. The Morgan fingerprint density at radius 1 is 1.30 bits per heavy atom. The second kappa shape index (κ2) is 6.06. The summed E-state index contributed by atoms with van der Waals surface area (Å²) in [6.45, 7) is 6.49. The van der Waals surface area contributed by atoms with E-state index in [9.17, 15) is 0 Å². The first-order valence-corrected chi connectivity index (χ1v) is 7.58. The van der Waals surface area contributed by atoms with Crippen molar-refractivity contribution in [3.05, 3.63) is 17.8 Å². The highest BCUT2D eigenvalue weighted by atomic mass is 16.5. The third kappa shape index (κ3) is 2.79. The lowest BCUT2D eigenvalue weighted by molar-refractivity contribution is -0.0847. The number of aromatic nitrogens is 2. The van der Waals surface area contributed by atoms with Gasteiger partial charge in [0.2, 0.25) is 0 Å². The van der Waals surface area contributed by atoms with Crippen LogP contribution in [0.15, 0.2) is 12.1 Å². The number of fused-ring (bicyclic) bond motifs is 1. The molecule has 5 heteroatoms. The van der Waals surface area contributed by atoms with Gasteiger partial charge in [0.1, 0.15) is 0 Å². The van der Waals surface area contributed by atoms with Crippen molar-refractivity contribution in [3.63, 3.8) is 0 Å². The number of ether oxygens (including phenoxy) is 2. The molecule has 3 heterocycles. The number of rotatable bonds is 4. The second-order valence-corrected chi connectivity index (χ2v) is 5.62. The molecule has 1 aromatic rings. The van der Waals surface area contributed by atoms with E-state index >= 15 is 0 Å². The molecule has 3 atom stereocenters. The van der Waals surface area contributed by atoms with E-state index in [4.69, 9.17) is 9.47 Å². The van der Waals surface area contributed by atoms with Crippen molar-refractivity contribution in [2.75, 3.05) is 24.7 Å². The van der Waals surface area contributed by atoms with Gasteiger partial charge in [-0.1, -0.05) is 0 Å². The summed E-state index contributed by atoms with van der Waals surface area (Å²) in [6, 6.07) is 4.54. The SMILES string of the molecule is CCOC[C@H]1CC[C@H]2[C@H](CCN2c2ccc(C)nn2)O1. The van der Waals surface area contributed by atoms with Crippen LogP contribution in [0.5, 0.6) is 0 Å². The summed E-state index contributed by atoms with van der Waals surface area (Å²) < 4.78 is 11.7. The first kappa shape index (κ1) is 13.8. The van der Waals surface area contributed by atoms with Crippen molar-refractivity contribution < 1.29 is 9.47 Å². The van der Waals surface area contributed by atoms with E-state index in [0.717, 1.165) is 50.5 Å². The summed E-state index contributed by atoms with van der Waals surface area (Å²) >= 11 is 0. The summed E-state index contributed by atoms with van der Waals surface area (Å²) in [6.07, 6.45) is 3.87. The zero-order valence-corrected chi connectivity index (χ0v) is 12.3. The Balaban J connectivity index is 1.63. The molecule has 0 aliphatic carbocycles. The highest BCUT2D eigenvalue weighted by molar-refractivity contribution is 5.41. The van der Waals surface area contributed by atoms with E-state index in [2.05, 4.69) is 21.2 Å². The van der Waals surface area contributed by atoms with Crippen molar-refractivity contribution in [1.82, 2.24) is 10.2 Å². The van der Waals surface area contributed by atoms with Gasteiger partial charge >= 0.3 is 0 Å². The van der Waals surface area contributed by atoms with Crippen molar-refractivity contribution in [2.45, 2.75) is 51.4 Å². The maximum absolute atomic E-state index is 6.17. The second-order valence-electron chi connectivity index (χ2n) is 5.62. The number of aryl methyl sites for hydroxylation is 1. The fourth-order valence-electron chi connectivity index (χ4n) is 3.20. The molecule has 0 spiro atoms. The summed E-state index contributed by atoms with van der Waals surface area (Å²) in [5.41, 5.74) is 0.959. The molecular formula is C15H23N3O2. The molecule has 2 saturated heterocycles. The molecule has 0 aromatic carbocycles. The molecule has 3 rings (SSSR count). The number of nitrogens with zero attached hydrogens (tertiary/aromatic N) is 3. The smallest absolute Gasteiger partial charge is 0.151 e. The molecule has 5 nitrogen and oxygen atoms in total. The lowest BCUT2D eigenvalue weighted by Crippen LogP contribution is -2.44. The molecule has 20 heavy (non-hydrogen) atoms. The van der Waals surface area contributed by atoms with Gasteiger partial charge in [0.05, 0.1) is 30.6 Å². The van der Waals surface area contributed by atoms with Gasteiger partial charge in [-0.05, 0) is 45.2 Å². The molecule has 0 amide bonds.